The van der Waals surface area contributed by atoms with Crippen molar-refractivity contribution in [3.05, 3.63) is 0 Å². The molecule has 2 N–H and O–H groups in total. The van der Waals surface area contributed by atoms with E-state index in [4.69, 9.17) is 10.5 Å². The van der Waals surface area contributed by atoms with Crippen molar-refractivity contribution in [1.82, 2.24) is 0 Å². The summed E-state index contributed by atoms with van der Waals surface area (Å²) in [5.74, 6) is 0. The Balaban J connectivity index is 2.72. The van der Waals surface area contributed by atoms with Crippen molar-refractivity contribution < 1.29 is 4.74 Å². The molecule has 0 saturated carbocycles. The fraction of sp³-hybridized carbons (Fsp3) is 1.00. The Morgan fingerprint density at radius 2 is 2.38 bits per heavy atom. The average Bonchev–Trinajstić information content (AvgIpc) is 1.66. The zero-order valence-electron chi connectivity index (χ0n) is 5.06. The highest BCUT2D eigenvalue weighted by molar-refractivity contribution is 14.1. The van der Waals surface area contributed by atoms with E-state index in [1.807, 2.05) is 6.92 Å². The molecule has 0 aliphatic carbocycles. The largest absolute Gasteiger partial charge is 0.368 e. The van der Waals surface area contributed by atoms with Crippen molar-refractivity contribution in [3.63, 3.8) is 0 Å². The minimum atomic E-state index is 0.319. The lowest BCUT2D eigenvalue weighted by molar-refractivity contribution is 0.133. The van der Waals surface area contributed by atoms with Crippen molar-refractivity contribution in [3.8, 4) is 0 Å². The molecule has 0 aromatic carbocycles. The standard InChI is InChI=1S/C5H12INO/c1-5(6)8-4-2-3-7/h5H,2-4,7H2,1H3. The minimum absolute atomic E-state index is 0.319. The van der Waals surface area contributed by atoms with E-state index in [9.17, 15) is 0 Å². The van der Waals surface area contributed by atoms with Gasteiger partial charge in [-0.15, -0.1) is 0 Å². The van der Waals surface area contributed by atoms with Crippen molar-refractivity contribution in [2.75, 3.05) is 13.2 Å². The molecule has 2 nitrogen and oxygen atoms in total. The third-order valence-electron chi connectivity index (χ3n) is 0.696. The van der Waals surface area contributed by atoms with Gasteiger partial charge in [0.2, 0.25) is 0 Å². The Morgan fingerprint density at radius 1 is 1.75 bits per heavy atom. The summed E-state index contributed by atoms with van der Waals surface area (Å²) in [6, 6.07) is 0. The molecule has 0 amide bonds. The van der Waals surface area contributed by atoms with Gasteiger partial charge in [0.05, 0.1) is 0 Å². The predicted octanol–water partition coefficient (Wildman–Crippen LogP) is 1.13. The van der Waals surface area contributed by atoms with Gasteiger partial charge in [0.15, 0.2) is 0 Å². The maximum absolute atomic E-state index is 5.23. The van der Waals surface area contributed by atoms with Crippen molar-refractivity contribution in [1.29, 1.82) is 0 Å². The van der Waals surface area contributed by atoms with Crippen LogP contribution in [0.4, 0.5) is 0 Å². The number of ether oxygens (including phenoxy) is 1. The van der Waals surface area contributed by atoms with E-state index in [2.05, 4.69) is 22.6 Å². The second kappa shape index (κ2) is 5.78. The Bertz CT molecular complexity index is 49.7. The molecule has 50 valence electrons. The maximum atomic E-state index is 5.23. The number of rotatable bonds is 4. The number of alkyl halides is 1. The quantitative estimate of drug-likeness (QED) is 0.445. The van der Waals surface area contributed by atoms with Gasteiger partial charge < -0.3 is 10.5 Å². The third kappa shape index (κ3) is 6.65. The lowest BCUT2D eigenvalue weighted by Crippen LogP contribution is -2.06. The zero-order valence-corrected chi connectivity index (χ0v) is 7.22. The highest BCUT2D eigenvalue weighted by atomic mass is 127. The van der Waals surface area contributed by atoms with Crippen LogP contribution < -0.4 is 5.73 Å². The summed E-state index contributed by atoms with van der Waals surface area (Å²) in [5.41, 5.74) is 5.23. The lowest BCUT2D eigenvalue weighted by atomic mass is 10.5. The fourth-order valence-electron chi connectivity index (χ4n) is 0.329. The molecule has 0 rings (SSSR count). The Kier molecular flexibility index (Phi) is 6.25. The smallest absolute Gasteiger partial charge is 0.106 e. The Labute approximate surface area is 63.9 Å². The second-order valence-electron chi connectivity index (χ2n) is 1.56. The molecule has 3 heteroatoms. The first-order chi connectivity index (χ1) is 3.77. The number of hydrogen-bond donors (Lipinski definition) is 1. The monoisotopic (exact) mass is 229 g/mol. The molecule has 0 heterocycles. The number of halogens is 1. The van der Waals surface area contributed by atoms with E-state index < -0.39 is 0 Å². The van der Waals surface area contributed by atoms with Crippen molar-refractivity contribution >= 4 is 22.6 Å². The summed E-state index contributed by atoms with van der Waals surface area (Å²) in [5, 5.41) is 0. The van der Waals surface area contributed by atoms with Gasteiger partial charge in [-0.1, -0.05) is 22.6 Å². The fourth-order valence-corrected chi connectivity index (χ4v) is 0.583. The van der Waals surface area contributed by atoms with Gasteiger partial charge in [-0.25, -0.2) is 0 Å². The third-order valence-corrected chi connectivity index (χ3v) is 1.06. The van der Waals surface area contributed by atoms with Crippen LogP contribution in [0, 0.1) is 0 Å². The van der Waals surface area contributed by atoms with Crippen LogP contribution in [-0.2, 0) is 4.74 Å². The van der Waals surface area contributed by atoms with Crippen LogP contribution in [0.15, 0.2) is 0 Å². The number of hydrogen-bond acceptors (Lipinski definition) is 2. The molecule has 0 saturated heterocycles. The van der Waals surface area contributed by atoms with Gasteiger partial charge in [0.25, 0.3) is 0 Å². The number of nitrogens with two attached hydrogens (primary N) is 1. The van der Waals surface area contributed by atoms with Crippen LogP contribution in [0.25, 0.3) is 0 Å². The topological polar surface area (TPSA) is 35.2 Å². The average molecular weight is 229 g/mol. The van der Waals surface area contributed by atoms with E-state index in [1.165, 1.54) is 0 Å². The zero-order chi connectivity index (χ0) is 6.41. The first kappa shape index (κ1) is 8.65. The molecule has 8 heavy (non-hydrogen) atoms. The highest BCUT2D eigenvalue weighted by Crippen LogP contribution is 1.99. The van der Waals surface area contributed by atoms with Crippen LogP contribution in [0.3, 0.4) is 0 Å². The van der Waals surface area contributed by atoms with Gasteiger partial charge >= 0.3 is 0 Å². The summed E-state index contributed by atoms with van der Waals surface area (Å²) in [4.78, 5) is 0. The molecule has 0 spiro atoms. The van der Waals surface area contributed by atoms with Gasteiger partial charge in [0.1, 0.15) is 4.11 Å². The summed E-state index contributed by atoms with van der Waals surface area (Å²) < 4.78 is 5.51. The SMILES string of the molecule is CC(I)OCCCN. The summed E-state index contributed by atoms with van der Waals surface area (Å²) in [6.45, 7) is 3.53. The van der Waals surface area contributed by atoms with Gasteiger partial charge in [-0.3, -0.25) is 0 Å². The maximum Gasteiger partial charge on any atom is 0.106 e. The van der Waals surface area contributed by atoms with Gasteiger partial charge in [0, 0.05) is 6.61 Å². The molecule has 0 aromatic rings. The van der Waals surface area contributed by atoms with Gasteiger partial charge in [-0.2, -0.15) is 0 Å². The molecule has 1 unspecified atom stereocenters. The highest BCUT2D eigenvalue weighted by Gasteiger charge is 1.90. The summed E-state index contributed by atoms with van der Waals surface area (Å²) in [6.07, 6.45) is 0.966. The molecule has 0 aliphatic rings. The van der Waals surface area contributed by atoms with Crippen LogP contribution in [0.5, 0.6) is 0 Å². The predicted molar refractivity (Wildman–Crippen MR) is 43.1 cm³/mol. The molecular weight excluding hydrogens is 217 g/mol. The van der Waals surface area contributed by atoms with E-state index in [0.717, 1.165) is 19.6 Å². The molecule has 0 radical (unpaired) electrons. The molecule has 0 fully saturated rings. The normalized spacial score (nSPS) is 13.9. The van der Waals surface area contributed by atoms with E-state index in [-0.39, 0.29) is 0 Å². The summed E-state index contributed by atoms with van der Waals surface area (Å²) >= 11 is 2.22. The molecule has 0 bridgehead atoms. The van der Waals surface area contributed by atoms with Gasteiger partial charge in [-0.05, 0) is 19.9 Å². The van der Waals surface area contributed by atoms with E-state index in [1.54, 1.807) is 0 Å². The minimum Gasteiger partial charge on any atom is -0.368 e. The molecule has 0 aliphatic heterocycles. The van der Waals surface area contributed by atoms with E-state index in [0.29, 0.717) is 4.11 Å². The Morgan fingerprint density at radius 3 is 2.75 bits per heavy atom. The van der Waals surface area contributed by atoms with Crippen molar-refractivity contribution in [2.24, 2.45) is 5.73 Å². The molecule has 1 atom stereocenters. The molecular formula is C5H12INO. The van der Waals surface area contributed by atoms with Crippen molar-refractivity contribution in [2.45, 2.75) is 17.5 Å². The van der Waals surface area contributed by atoms with Crippen LogP contribution in [-0.4, -0.2) is 17.3 Å². The van der Waals surface area contributed by atoms with E-state index >= 15 is 0 Å². The van der Waals surface area contributed by atoms with Crippen LogP contribution in [0.1, 0.15) is 13.3 Å². The summed E-state index contributed by atoms with van der Waals surface area (Å²) in [7, 11) is 0. The Hall–Kier alpha value is 0.650. The first-order valence-electron chi connectivity index (χ1n) is 2.73. The van der Waals surface area contributed by atoms with Crippen LogP contribution >= 0.6 is 22.6 Å². The van der Waals surface area contributed by atoms with Crippen LogP contribution in [0.2, 0.25) is 0 Å². The lowest BCUT2D eigenvalue weighted by Gasteiger charge is -2.02. The first-order valence-corrected chi connectivity index (χ1v) is 3.97. The second-order valence-corrected chi connectivity index (χ2v) is 3.31. The molecule has 0 aromatic heterocycles.